The number of benzene rings is 2. The van der Waals surface area contributed by atoms with E-state index in [-0.39, 0.29) is 31.2 Å². The highest BCUT2D eigenvalue weighted by molar-refractivity contribution is 5.79. The molecule has 2 aromatic carbocycles. The Morgan fingerprint density at radius 2 is 1.96 bits per heavy atom. The van der Waals surface area contributed by atoms with Crippen LogP contribution in [0.2, 0.25) is 0 Å². The molecule has 28 heavy (non-hydrogen) atoms. The molecule has 0 radical (unpaired) electrons. The number of alkyl halides is 1. The molecule has 1 aliphatic heterocycles. The second-order valence-electron chi connectivity index (χ2n) is 6.84. The van der Waals surface area contributed by atoms with Crippen molar-refractivity contribution in [3.05, 3.63) is 66.1 Å². The molecule has 0 bridgehead atoms. The Morgan fingerprint density at radius 3 is 2.68 bits per heavy atom. The van der Waals surface area contributed by atoms with Crippen LogP contribution in [-0.2, 0) is 16.9 Å². The van der Waals surface area contributed by atoms with Crippen LogP contribution in [0.1, 0.15) is 17.9 Å². The minimum absolute atomic E-state index is 0.0777. The second-order valence-corrected chi connectivity index (χ2v) is 6.84. The number of aromatic nitrogens is 2. The first-order chi connectivity index (χ1) is 13.6. The fourth-order valence-electron chi connectivity index (χ4n) is 3.30. The summed E-state index contributed by atoms with van der Waals surface area (Å²) < 4.78 is 25.7. The standard InChI is InChI=1S/C21H20FN3O3/c1-27-17-9-7-15(8-10-17)13-18(26)25-12-11-21(22,14-25)20-23-19(24-28-20)16-5-3-2-4-6-16/h2-10H,11-14H2,1H3. The van der Waals surface area contributed by atoms with Crippen LogP contribution in [0.25, 0.3) is 11.4 Å². The van der Waals surface area contributed by atoms with Gasteiger partial charge in [0.15, 0.2) is 0 Å². The van der Waals surface area contributed by atoms with E-state index in [2.05, 4.69) is 10.1 Å². The van der Waals surface area contributed by atoms with Gasteiger partial charge in [0, 0.05) is 18.5 Å². The molecule has 1 aromatic heterocycles. The van der Waals surface area contributed by atoms with Gasteiger partial charge in [-0.15, -0.1) is 0 Å². The van der Waals surface area contributed by atoms with Crippen LogP contribution in [-0.4, -0.2) is 41.1 Å². The lowest BCUT2D eigenvalue weighted by atomic mass is 10.1. The zero-order chi connectivity index (χ0) is 19.6. The van der Waals surface area contributed by atoms with Crippen LogP contribution in [0.5, 0.6) is 5.75 Å². The number of hydrogen-bond acceptors (Lipinski definition) is 5. The van der Waals surface area contributed by atoms with Gasteiger partial charge in [-0.3, -0.25) is 4.79 Å². The molecule has 0 spiro atoms. The van der Waals surface area contributed by atoms with E-state index < -0.39 is 5.67 Å². The number of hydrogen-bond donors (Lipinski definition) is 0. The summed E-state index contributed by atoms with van der Waals surface area (Å²) in [6, 6.07) is 16.5. The molecule has 1 fully saturated rings. The Hall–Kier alpha value is -3.22. The number of amides is 1. The second kappa shape index (κ2) is 7.42. The Balaban J connectivity index is 1.43. The predicted molar refractivity (Wildman–Crippen MR) is 100 cm³/mol. The smallest absolute Gasteiger partial charge is 0.266 e. The van der Waals surface area contributed by atoms with E-state index in [9.17, 15) is 4.79 Å². The van der Waals surface area contributed by atoms with E-state index in [0.717, 1.165) is 16.9 Å². The number of rotatable bonds is 5. The summed E-state index contributed by atoms with van der Waals surface area (Å²) in [5, 5.41) is 3.89. The maximum Gasteiger partial charge on any atom is 0.266 e. The third-order valence-electron chi connectivity index (χ3n) is 4.93. The van der Waals surface area contributed by atoms with Crippen molar-refractivity contribution in [2.24, 2.45) is 0 Å². The SMILES string of the molecule is COc1ccc(CC(=O)N2CCC(F)(c3nc(-c4ccccc4)no3)C2)cc1. The van der Waals surface area contributed by atoms with Crippen molar-refractivity contribution in [1.82, 2.24) is 15.0 Å². The van der Waals surface area contributed by atoms with Crippen LogP contribution < -0.4 is 4.74 Å². The van der Waals surface area contributed by atoms with E-state index >= 15 is 4.39 Å². The largest absolute Gasteiger partial charge is 0.497 e. The normalized spacial score (nSPS) is 19.0. The summed E-state index contributed by atoms with van der Waals surface area (Å²) >= 11 is 0. The lowest BCUT2D eigenvalue weighted by Gasteiger charge is -2.18. The number of carbonyl (C=O) groups excluding carboxylic acids is 1. The van der Waals surface area contributed by atoms with Crippen molar-refractivity contribution in [2.75, 3.05) is 20.2 Å². The molecule has 0 N–H and O–H groups in total. The highest BCUT2D eigenvalue weighted by Crippen LogP contribution is 2.36. The fraction of sp³-hybridized carbons (Fsp3) is 0.286. The Morgan fingerprint density at radius 1 is 1.21 bits per heavy atom. The van der Waals surface area contributed by atoms with Crippen LogP contribution >= 0.6 is 0 Å². The van der Waals surface area contributed by atoms with E-state index in [4.69, 9.17) is 9.26 Å². The molecule has 2 heterocycles. The summed E-state index contributed by atoms with van der Waals surface area (Å²) in [7, 11) is 1.59. The number of ether oxygens (including phenoxy) is 1. The fourth-order valence-corrected chi connectivity index (χ4v) is 3.30. The molecule has 1 unspecified atom stereocenters. The van der Waals surface area contributed by atoms with E-state index in [1.54, 1.807) is 19.2 Å². The Bertz CT molecular complexity index is 959. The number of likely N-dealkylation sites (tertiary alicyclic amines) is 1. The van der Waals surface area contributed by atoms with Crippen LogP contribution in [0, 0.1) is 0 Å². The van der Waals surface area contributed by atoms with Crippen LogP contribution in [0.3, 0.4) is 0 Å². The summed E-state index contributed by atoms with van der Waals surface area (Å²) in [4.78, 5) is 18.3. The molecule has 3 aromatic rings. The molecule has 1 aliphatic rings. The highest BCUT2D eigenvalue weighted by atomic mass is 19.1. The zero-order valence-electron chi connectivity index (χ0n) is 15.5. The lowest BCUT2D eigenvalue weighted by Crippen LogP contribution is -2.33. The summed E-state index contributed by atoms with van der Waals surface area (Å²) in [6.45, 7) is 0.229. The Labute approximate surface area is 161 Å². The first-order valence-electron chi connectivity index (χ1n) is 9.07. The van der Waals surface area contributed by atoms with Crippen molar-refractivity contribution >= 4 is 5.91 Å². The molecule has 1 saturated heterocycles. The highest BCUT2D eigenvalue weighted by Gasteiger charge is 2.46. The van der Waals surface area contributed by atoms with Crippen molar-refractivity contribution in [3.8, 4) is 17.1 Å². The van der Waals surface area contributed by atoms with Crippen molar-refractivity contribution in [1.29, 1.82) is 0 Å². The summed E-state index contributed by atoms with van der Waals surface area (Å²) in [5.74, 6) is 0.861. The molecular formula is C21H20FN3O3. The van der Waals surface area contributed by atoms with Crippen molar-refractivity contribution in [3.63, 3.8) is 0 Å². The van der Waals surface area contributed by atoms with Gasteiger partial charge in [-0.25, -0.2) is 4.39 Å². The van der Waals surface area contributed by atoms with Gasteiger partial charge in [0.05, 0.1) is 20.1 Å². The van der Waals surface area contributed by atoms with Gasteiger partial charge < -0.3 is 14.2 Å². The van der Waals surface area contributed by atoms with Gasteiger partial charge in [-0.1, -0.05) is 47.6 Å². The van der Waals surface area contributed by atoms with Gasteiger partial charge >= 0.3 is 0 Å². The molecule has 4 rings (SSSR count). The topological polar surface area (TPSA) is 68.5 Å². The zero-order valence-corrected chi connectivity index (χ0v) is 15.5. The van der Waals surface area contributed by atoms with Crippen LogP contribution in [0.4, 0.5) is 4.39 Å². The molecule has 6 nitrogen and oxygen atoms in total. The van der Waals surface area contributed by atoms with Crippen molar-refractivity contribution in [2.45, 2.75) is 18.5 Å². The van der Waals surface area contributed by atoms with Crippen molar-refractivity contribution < 1.29 is 18.4 Å². The monoisotopic (exact) mass is 381 g/mol. The van der Waals surface area contributed by atoms with E-state index in [1.165, 1.54) is 4.90 Å². The molecular weight excluding hydrogens is 361 g/mol. The first kappa shape index (κ1) is 18.2. The third-order valence-corrected chi connectivity index (χ3v) is 4.93. The average Bonchev–Trinajstić information content (AvgIpc) is 3.38. The maximum atomic E-state index is 15.4. The quantitative estimate of drug-likeness (QED) is 0.678. The Kier molecular flexibility index (Phi) is 4.81. The maximum absolute atomic E-state index is 15.4. The summed E-state index contributed by atoms with van der Waals surface area (Å²) in [5.41, 5.74) is -0.215. The van der Waals surface area contributed by atoms with E-state index in [1.807, 2.05) is 42.5 Å². The average molecular weight is 381 g/mol. The molecule has 1 amide bonds. The van der Waals surface area contributed by atoms with Gasteiger partial charge in [-0.05, 0) is 17.7 Å². The van der Waals surface area contributed by atoms with Gasteiger partial charge in [0.1, 0.15) is 5.75 Å². The number of carbonyl (C=O) groups is 1. The minimum atomic E-state index is -1.82. The lowest BCUT2D eigenvalue weighted by molar-refractivity contribution is -0.130. The molecule has 0 saturated carbocycles. The molecule has 144 valence electrons. The number of methoxy groups -OCH3 is 1. The van der Waals surface area contributed by atoms with Gasteiger partial charge in [-0.2, -0.15) is 4.98 Å². The number of halogens is 1. The molecule has 7 heteroatoms. The third kappa shape index (κ3) is 3.60. The van der Waals surface area contributed by atoms with Crippen LogP contribution in [0.15, 0.2) is 59.1 Å². The van der Waals surface area contributed by atoms with Gasteiger partial charge in [0.2, 0.25) is 17.4 Å². The molecule has 1 atom stereocenters. The summed E-state index contributed by atoms with van der Waals surface area (Å²) in [6.07, 6.45) is 0.344. The van der Waals surface area contributed by atoms with Gasteiger partial charge in [0.25, 0.3) is 5.89 Å². The van der Waals surface area contributed by atoms with E-state index in [0.29, 0.717) is 12.4 Å². The molecule has 0 aliphatic carbocycles. The minimum Gasteiger partial charge on any atom is -0.497 e. The predicted octanol–water partition coefficient (Wildman–Crippen LogP) is 3.39. The first-order valence-corrected chi connectivity index (χ1v) is 9.07. The number of nitrogens with zero attached hydrogens (tertiary/aromatic N) is 3.